The molecule has 0 saturated carbocycles. The molecule has 8 heteroatoms. The monoisotopic (exact) mass is 458 g/mol. The second-order valence-electron chi connectivity index (χ2n) is 7.13. The van der Waals surface area contributed by atoms with Gasteiger partial charge in [-0.1, -0.05) is 17.7 Å². The smallest absolute Gasteiger partial charge is 0.265 e. The van der Waals surface area contributed by atoms with Gasteiger partial charge in [0.25, 0.3) is 15.9 Å². The quantitative estimate of drug-likeness (QED) is 0.512. The highest BCUT2D eigenvalue weighted by Gasteiger charge is 2.17. The summed E-state index contributed by atoms with van der Waals surface area (Å²) in [6.07, 6.45) is -0.754. The number of carbonyl (C=O) groups is 1. The number of benzene rings is 3. The summed E-state index contributed by atoms with van der Waals surface area (Å²) in [5.74, 6) is 0.157. The summed E-state index contributed by atoms with van der Waals surface area (Å²) in [5.41, 5.74) is 3.03. The Morgan fingerprint density at radius 2 is 1.52 bits per heavy atom. The number of ether oxygens (including phenoxy) is 1. The molecule has 0 bridgehead atoms. The number of hydrogen-bond acceptors (Lipinski definition) is 4. The van der Waals surface area contributed by atoms with Gasteiger partial charge >= 0.3 is 0 Å². The number of nitrogens with one attached hydrogen (secondary N) is 2. The van der Waals surface area contributed by atoms with E-state index in [2.05, 4.69) is 10.0 Å². The van der Waals surface area contributed by atoms with Crippen LogP contribution in [0.5, 0.6) is 5.75 Å². The molecule has 0 aliphatic heterocycles. The van der Waals surface area contributed by atoms with Crippen molar-refractivity contribution in [3.05, 3.63) is 82.9 Å². The molecule has 0 fully saturated rings. The van der Waals surface area contributed by atoms with Gasteiger partial charge in [0.15, 0.2) is 6.10 Å². The van der Waals surface area contributed by atoms with Crippen LogP contribution in [0.2, 0.25) is 5.02 Å². The van der Waals surface area contributed by atoms with Crippen molar-refractivity contribution in [2.24, 2.45) is 0 Å². The summed E-state index contributed by atoms with van der Waals surface area (Å²) < 4.78 is 33.4. The first-order valence-electron chi connectivity index (χ1n) is 9.57. The first kappa shape index (κ1) is 22.7. The zero-order valence-electron chi connectivity index (χ0n) is 17.3. The number of hydrogen-bond donors (Lipinski definition) is 2. The van der Waals surface area contributed by atoms with E-state index >= 15 is 0 Å². The lowest BCUT2D eigenvalue weighted by molar-refractivity contribution is -0.122. The van der Waals surface area contributed by atoms with Gasteiger partial charge in [0.1, 0.15) is 5.75 Å². The lowest BCUT2D eigenvalue weighted by Gasteiger charge is -2.15. The predicted octanol–water partition coefficient (Wildman–Crippen LogP) is 5.16. The Hall–Kier alpha value is -3.03. The maximum atomic E-state index is 12.6. The third-order valence-corrected chi connectivity index (χ3v) is 6.34. The Kier molecular flexibility index (Phi) is 6.87. The molecule has 0 spiro atoms. The van der Waals surface area contributed by atoms with Crippen LogP contribution in [0.1, 0.15) is 18.1 Å². The number of rotatable bonds is 7. The third-order valence-electron chi connectivity index (χ3n) is 4.69. The molecule has 3 aromatic carbocycles. The summed E-state index contributed by atoms with van der Waals surface area (Å²) in [7, 11) is -3.75. The van der Waals surface area contributed by atoms with Crippen molar-refractivity contribution in [3.8, 4) is 5.75 Å². The molecular formula is C23H23ClN2O4S. The largest absolute Gasteiger partial charge is 0.481 e. The number of sulfonamides is 1. The average Bonchev–Trinajstić information content (AvgIpc) is 2.72. The highest BCUT2D eigenvalue weighted by atomic mass is 35.5. The fourth-order valence-electron chi connectivity index (χ4n) is 2.75. The van der Waals surface area contributed by atoms with Gasteiger partial charge in [-0.25, -0.2) is 8.42 Å². The van der Waals surface area contributed by atoms with Crippen LogP contribution in [0, 0.1) is 13.8 Å². The Labute approximate surface area is 187 Å². The second kappa shape index (κ2) is 9.41. The van der Waals surface area contributed by atoms with Crippen LogP contribution < -0.4 is 14.8 Å². The van der Waals surface area contributed by atoms with Crippen LogP contribution in [0.15, 0.2) is 71.6 Å². The van der Waals surface area contributed by atoms with E-state index in [1.807, 2.05) is 19.9 Å². The third kappa shape index (κ3) is 5.99. The molecular weight excluding hydrogens is 436 g/mol. The first-order valence-corrected chi connectivity index (χ1v) is 11.4. The number of aryl methyl sites for hydroxylation is 2. The molecule has 0 radical (unpaired) electrons. The number of anilines is 2. The van der Waals surface area contributed by atoms with Gasteiger partial charge in [0.05, 0.1) is 4.90 Å². The van der Waals surface area contributed by atoms with Crippen molar-refractivity contribution in [1.82, 2.24) is 0 Å². The van der Waals surface area contributed by atoms with E-state index in [4.69, 9.17) is 16.3 Å². The minimum absolute atomic E-state index is 0.0918. The standard InChI is InChI=1S/C23H23ClN2O4S/c1-15-4-7-20(14-16(15)2)26-31(28,29)22-12-8-19(9-13-22)25-23(27)17(3)30-21-10-5-18(24)6-11-21/h4-14,17,26H,1-3H3,(H,25,27)/t17-/m1/s1. The predicted molar refractivity (Wildman–Crippen MR) is 123 cm³/mol. The van der Waals surface area contributed by atoms with Crippen molar-refractivity contribution in [3.63, 3.8) is 0 Å². The molecule has 0 saturated heterocycles. The zero-order chi connectivity index (χ0) is 22.6. The van der Waals surface area contributed by atoms with E-state index in [-0.39, 0.29) is 10.8 Å². The van der Waals surface area contributed by atoms with Gasteiger partial charge in [0.2, 0.25) is 0 Å². The maximum Gasteiger partial charge on any atom is 0.265 e. The fraction of sp³-hybridized carbons (Fsp3) is 0.174. The van der Waals surface area contributed by atoms with E-state index in [0.717, 1.165) is 11.1 Å². The van der Waals surface area contributed by atoms with E-state index < -0.39 is 16.1 Å². The molecule has 2 N–H and O–H groups in total. The molecule has 0 aliphatic rings. The average molecular weight is 459 g/mol. The van der Waals surface area contributed by atoms with Crippen LogP contribution in [0.3, 0.4) is 0 Å². The Morgan fingerprint density at radius 1 is 0.903 bits per heavy atom. The maximum absolute atomic E-state index is 12.6. The number of halogens is 1. The van der Waals surface area contributed by atoms with Gasteiger partial charge in [-0.05, 0) is 92.6 Å². The van der Waals surface area contributed by atoms with Crippen LogP contribution in [0.25, 0.3) is 0 Å². The first-order chi connectivity index (χ1) is 14.6. The van der Waals surface area contributed by atoms with Crippen molar-refractivity contribution < 1.29 is 17.9 Å². The minimum Gasteiger partial charge on any atom is -0.481 e. The normalized spacial score (nSPS) is 12.1. The van der Waals surface area contributed by atoms with Crippen molar-refractivity contribution in [1.29, 1.82) is 0 Å². The fourth-order valence-corrected chi connectivity index (χ4v) is 3.93. The molecule has 1 amide bonds. The summed E-state index contributed by atoms with van der Waals surface area (Å²) in [4.78, 5) is 12.5. The van der Waals surface area contributed by atoms with Gasteiger partial charge in [-0.3, -0.25) is 9.52 Å². The molecule has 0 aromatic heterocycles. The van der Waals surface area contributed by atoms with Crippen molar-refractivity contribution >= 4 is 38.9 Å². The summed E-state index contributed by atoms with van der Waals surface area (Å²) in [6.45, 7) is 5.50. The topological polar surface area (TPSA) is 84.5 Å². The summed E-state index contributed by atoms with van der Waals surface area (Å²) in [6, 6.07) is 18.0. The Balaban J connectivity index is 1.63. The molecule has 31 heavy (non-hydrogen) atoms. The van der Waals surface area contributed by atoms with Crippen LogP contribution in [-0.4, -0.2) is 20.4 Å². The Morgan fingerprint density at radius 3 is 2.13 bits per heavy atom. The molecule has 1 atom stereocenters. The number of amides is 1. The van der Waals surface area contributed by atoms with Crippen molar-refractivity contribution in [2.75, 3.05) is 10.0 Å². The SMILES string of the molecule is Cc1ccc(NS(=O)(=O)c2ccc(NC(=O)[C@@H](C)Oc3ccc(Cl)cc3)cc2)cc1C. The number of carbonyl (C=O) groups excluding carboxylic acids is 1. The van der Waals surface area contributed by atoms with Gasteiger partial charge in [0, 0.05) is 16.4 Å². The summed E-state index contributed by atoms with van der Waals surface area (Å²) in [5, 5.41) is 3.29. The summed E-state index contributed by atoms with van der Waals surface area (Å²) >= 11 is 5.84. The molecule has 162 valence electrons. The molecule has 0 unspecified atom stereocenters. The molecule has 3 rings (SSSR count). The van der Waals surface area contributed by atoms with E-state index in [1.165, 1.54) is 24.3 Å². The van der Waals surface area contributed by atoms with Gasteiger partial charge < -0.3 is 10.1 Å². The zero-order valence-corrected chi connectivity index (χ0v) is 18.9. The van der Waals surface area contributed by atoms with E-state index in [0.29, 0.717) is 22.1 Å². The van der Waals surface area contributed by atoms with E-state index in [9.17, 15) is 13.2 Å². The van der Waals surface area contributed by atoms with Crippen LogP contribution in [0.4, 0.5) is 11.4 Å². The Bertz CT molecular complexity index is 1180. The van der Waals surface area contributed by atoms with Gasteiger partial charge in [-0.2, -0.15) is 0 Å². The van der Waals surface area contributed by atoms with Crippen LogP contribution >= 0.6 is 11.6 Å². The molecule has 6 nitrogen and oxygen atoms in total. The lowest BCUT2D eigenvalue weighted by atomic mass is 10.1. The van der Waals surface area contributed by atoms with E-state index in [1.54, 1.807) is 43.3 Å². The lowest BCUT2D eigenvalue weighted by Crippen LogP contribution is -2.30. The van der Waals surface area contributed by atoms with Crippen LogP contribution in [-0.2, 0) is 14.8 Å². The van der Waals surface area contributed by atoms with Crippen molar-refractivity contribution in [2.45, 2.75) is 31.8 Å². The highest BCUT2D eigenvalue weighted by molar-refractivity contribution is 7.92. The van der Waals surface area contributed by atoms with Gasteiger partial charge in [-0.15, -0.1) is 0 Å². The second-order valence-corrected chi connectivity index (χ2v) is 9.25. The minimum atomic E-state index is -3.75. The highest BCUT2D eigenvalue weighted by Crippen LogP contribution is 2.21. The molecule has 0 aliphatic carbocycles. The molecule has 3 aromatic rings. The molecule has 0 heterocycles.